The van der Waals surface area contributed by atoms with Gasteiger partial charge in [0.2, 0.25) is 11.8 Å². The van der Waals surface area contributed by atoms with Crippen LogP contribution in [-0.2, 0) is 4.79 Å². The molecule has 4 heteroatoms. The van der Waals surface area contributed by atoms with Crippen LogP contribution in [0.5, 0.6) is 5.88 Å². The number of aromatic nitrogens is 1. The number of rotatable bonds is 3. The van der Waals surface area contributed by atoms with Gasteiger partial charge in [-0.25, -0.2) is 4.98 Å². The predicted molar refractivity (Wildman–Crippen MR) is 61.0 cm³/mol. The highest BCUT2D eigenvalue weighted by atomic mass is 16.5. The number of carbonyl (C=O) groups is 1. The van der Waals surface area contributed by atoms with Crippen molar-refractivity contribution in [1.29, 1.82) is 0 Å². The molecule has 0 fully saturated rings. The molecule has 1 amide bonds. The van der Waals surface area contributed by atoms with E-state index in [2.05, 4.69) is 22.1 Å². The maximum absolute atomic E-state index is 10.6. The quantitative estimate of drug-likeness (QED) is 0.607. The molecule has 84 valence electrons. The number of methoxy groups -OCH3 is 1. The van der Waals surface area contributed by atoms with Crippen LogP contribution < -0.4 is 10.1 Å². The minimum atomic E-state index is -0.0348. The Morgan fingerprint density at radius 1 is 1.62 bits per heavy atom. The Hall–Kier alpha value is -2.02. The topological polar surface area (TPSA) is 51.2 Å². The zero-order chi connectivity index (χ0) is 11.8. The monoisotopic (exact) mass is 218 g/mol. The molecule has 1 aromatic rings. The van der Waals surface area contributed by atoms with Gasteiger partial charge in [-0.2, -0.15) is 0 Å². The van der Waals surface area contributed by atoms with Gasteiger partial charge in [0.05, 0.1) is 7.11 Å². The van der Waals surface area contributed by atoms with Crippen LogP contribution in [0.2, 0.25) is 0 Å². The van der Waals surface area contributed by atoms with Gasteiger partial charge < -0.3 is 10.1 Å². The average molecular weight is 218 g/mol. The van der Waals surface area contributed by atoms with Crippen molar-refractivity contribution in [3.63, 3.8) is 0 Å². The van der Waals surface area contributed by atoms with Gasteiger partial charge in [0.25, 0.3) is 0 Å². The summed E-state index contributed by atoms with van der Waals surface area (Å²) in [7, 11) is 1.57. The number of hydrogen-bond donors (Lipinski definition) is 1. The third-order valence-corrected chi connectivity index (χ3v) is 1.80. The second-order valence-electron chi connectivity index (χ2n) is 3.12. The van der Waals surface area contributed by atoms with E-state index in [-0.39, 0.29) is 5.91 Å². The van der Waals surface area contributed by atoms with Gasteiger partial charge >= 0.3 is 0 Å². The third kappa shape index (κ3) is 4.47. The Morgan fingerprint density at radius 2 is 2.44 bits per heavy atom. The molecule has 0 unspecified atom stereocenters. The van der Waals surface area contributed by atoms with E-state index in [4.69, 9.17) is 4.74 Å². The Balaban J connectivity index is 2.46. The number of hydrogen-bond acceptors (Lipinski definition) is 3. The fourth-order valence-corrected chi connectivity index (χ4v) is 1.06. The van der Waals surface area contributed by atoms with Gasteiger partial charge in [-0.05, 0) is 6.07 Å². The summed E-state index contributed by atoms with van der Waals surface area (Å²) in [5.41, 5.74) is 0.856. The van der Waals surface area contributed by atoms with E-state index < -0.39 is 0 Å². The summed E-state index contributed by atoms with van der Waals surface area (Å²) in [6.07, 6.45) is 2.28. The SMILES string of the molecule is COc1cc(C#CCCNC(C)=O)ccn1. The molecule has 0 aliphatic carbocycles. The highest BCUT2D eigenvalue weighted by Gasteiger charge is 1.92. The zero-order valence-corrected chi connectivity index (χ0v) is 9.41. The molecule has 0 spiro atoms. The molecule has 16 heavy (non-hydrogen) atoms. The number of nitrogens with zero attached hydrogens (tertiary/aromatic N) is 1. The van der Waals surface area contributed by atoms with Crippen LogP contribution in [0.25, 0.3) is 0 Å². The van der Waals surface area contributed by atoms with Crippen molar-refractivity contribution in [3.05, 3.63) is 23.9 Å². The van der Waals surface area contributed by atoms with E-state index in [9.17, 15) is 4.79 Å². The Morgan fingerprint density at radius 3 is 3.12 bits per heavy atom. The molecule has 0 saturated heterocycles. The predicted octanol–water partition coefficient (Wildman–Crippen LogP) is 0.968. The van der Waals surface area contributed by atoms with Crippen LogP contribution in [-0.4, -0.2) is 24.5 Å². The van der Waals surface area contributed by atoms with Crippen molar-refractivity contribution >= 4 is 5.91 Å². The first-order valence-corrected chi connectivity index (χ1v) is 4.95. The lowest BCUT2D eigenvalue weighted by atomic mass is 10.2. The molecular weight excluding hydrogens is 204 g/mol. The average Bonchev–Trinajstić information content (AvgIpc) is 2.28. The summed E-state index contributed by atoms with van der Waals surface area (Å²) < 4.78 is 4.98. The molecule has 1 aromatic heterocycles. The number of nitrogens with one attached hydrogen (secondary N) is 1. The Bertz CT molecular complexity index is 419. The molecule has 0 saturated carbocycles. The van der Waals surface area contributed by atoms with Crippen LogP contribution >= 0.6 is 0 Å². The van der Waals surface area contributed by atoms with Gasteiger partial charge in [0.15, 0.2) is 0 Å². The molecule has 1 heterocycles. The van der Waals surface area contributed by atoms with Crippen LogP contribution in [0.1, 0.15) is 18.9 Å². The second kappa shape index (κ2) is 6.46. The van der Waals surface area contributed by atoms with Gasteiger partial charge in [0, 0.05) is 37.7 Å². The van der Waals surface area contributed by atoms with E-state index in [1.165, 1.54) is 6.92 Å². The molecule has 0 radical (unpaired) electrons. The zero-order valence-electron chi connectivity index (χ0n) is 9.41. The van der Waals surface area contributed by atoms with Crippen molar-refractivity contribution in [2.75, 3.05) is 13.7 Å². The maximum Gasteiger partial charge on any atom is 0.216 e. The summed E-state index contributed by atoms with van der Waals surface area (Å²) >= 11 is 0. The molecule has 0 bridgehead atoms. The number of ether oxygens (including phenoxy) is 1. The number of pyridine rings is 1. The summed E-state index contributed by atoms with van der Waals surface area (Å²) in [6.45, 7) is 2.06. The second-order valence-corrected chi connectivity index (χ2v) is 3.12. The van der Waals surface area contributed by atoms with Crippen LogP contribution in [0.15, 0.2) is 18.3 Å². The molecule has 0 aliphatic rings. The van der Waals surface area contributed by atoms with Crippen molar-refractivity contribution in [1.82, 2.24) is 10.3 Å². The molecule has 4 nitrogen and oxygen atoms in total. The van der Waals surface area contributed by atoms with Crippen molar-refractivity contribution in [3.8, 4) is 17.7 Å². The van der Waals surface area contributed by atoms with E-state index in [0.29, 0.717) is 18.8 Å². The van der Waals surface area contributed by atoms with Gasteiger partial charge in [0.1, 0.15) is 0 Å². The number of amides is 1. The fraction of sp³-hybridized carbons (Fsp3) is 0.333. The normalized spacial score (nSPS) is 8.88. The lowest BCUT2D eigenvalue weighted by Gasteiger charge is -1.97. The summed E-state index contributed by atoms with van der Waals surface area (Å²) in [6, 6.07) is 3.58. The van der Waals surface area contributed by atoms with Crippen LogP contribution in [0.3, 0.4) is 0 Å². The van der Waals surface area contributed by atoms with Crippen LogP contribution in [0.4, 0.5) is 0 Å². The van der Waals surface area contributed by atoms with E-state index in [1.54, 1.807) is 19.4 Å². The van der Waals surface area contributed by atoms with Gasteiger partial charge in [-0.3, -0.25) is 4.79 Å². The first-order valence-electron chi connectivity index (χ1n) is 4.95. The lowest BCUT2D eigenvalue weighted by Crippen LogP contribution is -2.20. The lowest BCUT2D eigenvalue weighted by molar-refractivity contribution is -0.118. The third-order valence-electron chi connectivity index (χ3n) is 1.80. The largest absolute Gasteiger partial charge is 0.481 e. The van der Waals surface area contributed by atoms with Gasteiger partial charge in [-0.15, -0.1) is 0 Å². The molecule has 1 rings (SSSR count). The van der Waals surface area contributed by atoms with Gasteiger partial charge in [-0.1, -0.05) is 11.8 Å². The number of carbonyl (C=O) groups excluding carboxylic acids is 1. The molecule has 0 aliphatic heterocycles. The minimum Gasteiger partial charge on any atom is -0.481 e. The van der Waals surface area contributed by atoms with Crippen molar-refractivity contribution in [2.45, 2.75) is 13.3 Å². The smallest absolute Gasteiger partial charge is 0.216 e. The van der Waals surface area contributed by atoms with E-state index >= 15 is 0 Å². The summed E-state index contributed by atoms with van der Waals surface area (Å²) in [5.74, 6) is 6.45. The van der Waals surface area contributed by atoms with Crippen LogP contribution in [0, 0.1) is 11.8 Å². The molecule has 0 aromatic carbocycles. The highest BCUT2D eigenvalue weighted by molar-refractivity contribution is 5.72. The van der Waals surface area contributed by atoms with Crippen molar-refractivity contribution < 1.29 is 9.53 Å². The summed E-state index contributed by atoms with van der Waals surface area (Å²) in [5, 5.41) is 2.68. The first-order chi connectivity index (χ1) is 7.72. The molecule has 1 N–H and O–H groups in total. The molecular formula is C12H14N2O2. The highest BCUT2D eigenvalue weighted by Crippen LogP contribution is 2.06. The Kier molecular flexibility index (Phi) is 4.87. The fourth-order valence-electron chi connectivity index (χ4n) is 1.06. The van der Waals surface area contributed by atoms with E-state index in [1.807, 2.05) is 6.07 Å². The van der Waals surface area contributed by atoms with E-state index in [0.717, 1.165) is 5.56 Å². The van der Waals surface area contributed by atoms with Crippen molar-refractivity contribution in [2.24, 2.45) is 0 Å². The standard InChI is InChI=1S/C12H14N2O2/c1-10(15)13-7-4-3-5-11-6-8-14-12(9-11)16-2/h6,8-9H,4,7H2,1-2H3,(H,13,15). The molecule has 0 atom stereocenters. The minimum absolute atomic E-state index is 0.0348. The maximum atomic E-state index is 10.6. The first kappa shape index (κ1) is 12.1. The Labute approximate surface area is 95.0 Å². The summed E-state index contributed by atoms with van der Waals surface area (Å²) in [4.78, 5) is 14.6.